The van der Waals surface area contributed by atoms with Gasteiger partial charge in [0.25, 0.3) is 0 Å². The maximum atomic E-state index is 9.87. The Morgan fingerprint density at radius 2 is 1.55 bits per heavy atom. The Labute approximate surface area is 123 Å². The van der Waals surface area contributed by atoms with E-state index in [-0.39, 0.29) is 0 Å². The Morgan fingerprint density at radius 1 is 1.09 bits per heavy atom. The van der Waals surface area contributed by atoms with Crippen LogP contribution in [-0.4, -0.2) is 20.2 Å². The van der Waals surface area contributed by atoms with Crippen molar-refractivity contribution in [3.8, 4) is 5.75 Å². The van der Waals surface area contributed by atoms with Crippen LogP contribution in [0.3, 0.4) is 0 Å². The van der Waals surface area contributed by atoms with Gasteiger partial charge in [-0.05, 0) is 19.9 Å². The van der Waals surface area contributed by atoms with Crippen molar-refractivity contribution >= 4 is 19.2 Å². The first-order valence-corrected chi connectivity index (χ1v) is 8.09. The summed E-state index contributed by atoms with van der Waals surface area (Å²) >= 11 is 0. The van der Waals surface area contributed by atoms with Gasteiger partial charge in [-0.2, -0.15) is 0 Å². The number of diazo groups is 1. The van der Waals surface area contributed by atoms with Crippen LogP contribution in [-0.2, 0) is 0 Å². The second-order valence-electron chi connectivity index (χ2n) is 4.09. The molecule has 0 spiro atoms. The molecule has 0 aliphatic carbocycles. The van der Waals surface area contributed by atoms with Crippen LogP contribution in [0.5, 0.6) is 5.75 Å². The van der Waals surface area contributed by atoms with Gasteiger partial charge >= 0.3 is 38.7 Å². The van der Waals surface area contributed by atoms with Crippen LogP contribution in [0.25, 0.3) is 4.98 Å². The summed E-state index contributed by atoms with van der Waals surface area (Å²) in [7, 11) is -9.04. The Bertz CT molecular complexity index is 539. The molecule has 0 bridgehead atoms. The molecule has 1 aromatic rings. The van der Waals surface area contributed by atoms with E-state index in [0.29, 0.717) is 5.69 Å². The first-order chi connectivity index (χ1) is 9.71. The maximum absolute atomic E-state index is 10.7. The molecule has 0 unspecified atom stereocenters. The predicted molar refractivity (Wildman–Crippen MR) is 74.9 cm³/mol. The Hall–Kier alpha value is -1.75. The van der Waals surface area contributed by atoms with Gasteiger partial charge in [0.2, 0.25) is 5.39 Å². The third-order valence-corrected chi connectivity index (χ3v) is 2.38. The molecule has 0 amide bonds. The number of halogens is 6. The minimum absolute atomic E-state index is 0.503. The second kappa shape index (κ2) is 6.16. The van der Waals surface area contributed by atoms with Crippen molar-refractivity contribution in [3.63, 3.8) is 0 Å². The minimum atomic E-state index is -10.7. The van der Waals surface area contributed by atoms with Crippen LogP contribution in [0.1, 0.15) is 13.8 Å². The summed E-state index contributed by atoms with van der Waals surface area (Å²) < 4.78 is 64.5. The van der Waals surface area contributed by atoms with E-state index in [1.54, 1.807) is 19.2 Å². The van der Waals surface area contributed by atoms with Crippen LogP contribution >= 0.6 is 7.81 Å². The number of rotatable bonds is 4. The molecular weight excluding hydrogens is 335 g/mol. The fraction of sp³-hybridized carbons (Fsp3) is 0.455. The third-order valence-electron chi connectivity index (χ3n) is 2.38. The summed E-state index contributed by atoms with van der Waals surface area (Å²) in [5.74, 6) is 0.731. The van der Waals surface area contributed by atoms with Crippen LogP contribution in [0.15, 0.2) is 18.2 Å². The van der Waals surface area contributed by atoms with E-state index in [2.05, 4.69) is 23.7 Å². The molecule has 0 aromatic heterocycles. The summed E-state index contributed by atoms with van der Waals surface area (Å²) in [5, 5.41) is 8.66. The van der Waals surface area contributed by atoms with Gasteiger partial charge in [-0.25, -0.2) is 0 Å². The molecule has 0 atom stereocenters. The van der Waals surface area contributed by atoms with E-state index in [0.717, 1.165) is 24.5 Å². The van der Waals surface area contributed by atoms with Gasteiger partial charge in [-0.1, -0.05) is 0 Å². The fourth-order valence-electron chi connectivity index (χ4n) is 1.55. The molecule has 1 rings (SSSR count). The first kappa shape index (κ1) is 20.2. The zero-order chi connectivity index (χ0) is 17.7. The van der Waals surface area contributed by atoms with E-state index in [9.17, 15) is 25.2 Å². The second-order valence-corrected chi connectivity index (χ2v) is 6.00. The van der Waals surface area contributed by atoms with Gasteiger partial charge in [0.15, 0.2) is 4.98 Å². The monoisotopic (exact) mass is 351 g/mol. The molecule has 22 heavy (non-hydrogen) atoms. The molecule has 0 saturated heterocycles. The quantitative estimate of drug-likeness (QED) is 0.358. The number of methoxy groups -OCH3 is 1. The van der Waals surface area contributed by atoms with Crippen molar-refractivity contribution < 1.29 is 29.9 Å². The zero-order valence-electron chi connectivity index (χ0n) is 12.1. The van der Waals surface area contributed by atoms with Crippen LogP contribution in [0, 0.1) is 5.39 Å². The number of hydrogen-bond acceptors (Lipinski definition) is 3. The van der Waals surface area contributed by atoms with Gasteiger partial charge in [0, 0.05) is 19.2 Å². The van der Waals surface area contributed by atoms with Gasteiger partial charge in [-0.15, -0.1) is 0 Å². The van der Waals surface area contributed by atoms with Crippen LogP contribution in [0.2, 0.25) is 0 Å². The van der Waals surface area contributed by atoms with Gasteiger partial charge in [-0.3, -0.25) is 0 Å². The van der Waals surface area contributed by atoms with E-state index in [4.69, 9.17) is 10.1 Å². The summed E-state index contributed by atoms with van der Waals surface area (Å²) in [6, 6.07) is 5.38. The number of anilines is 1. The van der Waals surface area contributed by atoms with Gasteiger partial charge < -0.3 is 9.64 Å². The number of nitrogens with zero attached hydrogens (tertiary/aromatic N) is 3. The molecule has 4 nitrogen and oxygen atoms in total. The van der Waals surface area contributed by atoms with Crippen molar-refractivity contribution in [2.75, 3.05) is 25.1 Å². The van der Waals surface area contributed by atoms with Crippen molar-refractivity contribution in [2.45, 2.75) is 13.8 Å². The first-order valence-electron chi connectivity index (χ1n) is 6.06. The van der Waals surface area contributed by atoms with Gasteiger partial charge in [0.05, 0.1) is 18.9 Å². The van der Waals surface area contributed by atoms with Crippen molar-refractivity contribution in [1.29, 1.82) is 5.39 Å². The van der Waals surface area contributed by atoms with Crippen LogP contribution < -0.4 is 9.64 Å². The Kier molecular flexibility index (Phi) is 5.67. The third kappa shape index (κ3) is 10.0. The van der Waals surface area contributed by atoms with E-state index in [1.807, 2.05) is 6.07 Å². The molecule has 0 heterocycles. The van der Waals surface area contributed by atoms with E-state index in [1.165, 1.54) is 0 Å². The summed E-state index contributed by atoms with van der Waals surface area (Å²) in [6.07, 6.45) is 0. The zero-order valence-corrected chi connectivity index (χ0v) is 13.0. The number of hydrogen-bond donors (Lipinski definition) is 0. The van der Waals surface area contributed by atoms with Crippen molar-refractivity contribution in [1.82, 2.24) is 0 Å². The summed E-state index contributed by atoms with van der Waals surface area (Å²) in [5.41, 5.74) is 1.53. The van der Waals surface area contributed by atoms with Gasteiger partial charge in [0.1, 0.15) is 5.75 Å². The van der Waals surface area contributed by atoms with E-state index < -0.39 is 7.81 Å². The molecule has 11 heteroatoms. The predicted octanol–water partition coefficient (Wildman–Crippen LogP) is 6.41. The topological polar surface area (TPSA) is 40.6 Å². The number of ether oxygens (including phenoxy) is 1. The SMILES string of the molecule is CCN(CC)c1ccc([N+]#N)cc1OC.F[P-](F)(F)(F)(F)F. The Morgan fingerprint density at radius 3 is 1.86 bits per heavy atom. The molecule has 0 radical (unpaired) electrons. The number of benzene rings is 1. The molecule has 0 aliphatic heterocycles. The molecule has 0 aliphatic rings. The van der Waals surface area contributed by atoms with Crippen molar-refractivity contribution in [2.24, 2.45) is 0 Å². The molecule has 0 fully saturated rings. The molecular formula is C11H16F6N3OP. The average Bonchev–Trinajstić information content (AvgIpc) is 2.36. The fourth-order valence-corrected chi connectivity index (χ4v) is 1.55. The Balaban J connectivity index is 0.000000534. The molecule has 0 N–H and O–H groups in total. The van der Waals surface area contributed by atoms with Crippen molar-refractivity contribution in [3.05, 3.63) is 23.2 Å². The molecule has 0 saturated carbocycles. The molecule has 1 aromatic carbocycles. The van der Waals surface area contributed by atoms with Crippen LogP contribution in [0.4, 0.5) is 36.6 Å². The summed E-state index contributed by atoms with van der Waals surface area (Å²) in [6.45, 7) is 6.02. The normalized spacial score (nSPS) is 13.8. The molecule has 128 valence electrons. The summed E-state index contributed by atoms with van der Waals surface area (Å²) in [4.78, 5) is 5.31. The van der Waals surface area contributed by atoms with E-state index >= 15 is 0 Å². The standard InChI is InChI=1S/C11H16N3O.F6P/c1-4-14(5-2)10-7-6-9(13-12)8-11(10)15-3;1-7(2,3,4,5)6/h6-8H,4-5H2,1-3H3;/q+1;-1. The average molecular weight is 351 g/mol.